The Kier molecular flexibility index (Phi) is 4.70. The lowest BCUT2D eigenvalue weighted by molar-refractivity contribution is 0.144. The van der Waals surface area contributed by atoms with Gasteiger partial charge in [0.2, 0.25) is 0 Å². The van der Waals surface area contributed by atoms with E-state index in [2.05, 4.69) is 22.2 Å². The van der Waals surface area contributed by atoms with Crippen LogP contribution in [0.15, 0.2) is 18.2 Å². The summed E-state index contributed by atoms with van der Waals surface area (Å²) in [6.45, 7) is 7.57. The van der Waals surface area contributed by atoms with E-state index in [4.69, 9.17) is 11.6 Å². The lowest BCUT2D eigenvalue weighted by Gasteiger charge is -2.38. The van der Waals surface area contributed by atoms with Gasteiger partial charge in [0, 0.05) is 24.7 Å². The van der Waals surface area contributed by atoms with Gasteiger partial charge in [0.15, 0.2) is 0 Å². The second kappa shape index (κ2) is 6.86. The SMILES string of the molecule is Cc1nn(-c2ccc(F)c(Cl)c2)c(C)c1NC1CCN(C2CC2)C(C)C1. The number of piperidine rings is 1. The van der Waals surface area contributed by atoms with Crippen LogP contribution in [-0.2, 0) is 0 Å². The monoisotopic (exact) mass is 376 g/mol. The number of nitrogens with zero attached hydrogens (tertiary/aromatic N) is 3. The van der Waals surface area contributed by atoms with Crippen molar-refractivity contribution in [1.29, 1.82) is 0 Å². The largest absolute Gasteiger partial charge is 0.379 e. The van der Waals surface area contributed by atoms with E-state index < -0.39 is 5.82 Å². The number of likely N-dealkylation sites (tertiary alicyclic amines) is 1. The van der Waals surface area contributed by atoms with Crippen molar-refractivity contribution in [3.63, 3.8) is 0 Å². The molecule has 1 aromatic carbocycles. The quantitative estimate of drug-likeness (QED) is 0.838. The lowest BCUT2D eigenvalue weighted by atomic mass is 9.97. The molecule has 0 amide bonds. The number of hydrogen-bond donors (Lipinski definition) is 1. The van der Waals surface area contributed by atoms with E-state index in [0.717, 1.165) is 41.6 Å². The van der Waals surface area contributed by atoms with E-state index in [0.29, 0.717) is 12.1 Å². The molecule has 0 spiro atoms. The van der Waals surface area contributed by atoms with Gasteiger partial charge in [0.1, 0.15) is 5.82 Å². The minimum atomic E-state index is -0.410. The van der Waals surface area contributed by atoms with Gasteiger partial charge in [-0.05, 0) is 64.7 Å². The highest BCUT2D eigenvalue weighted by atomic mass is 35.5. The summed E-state index contributed by atoms with van der Waals surface area (Å²) in [5.74, 6) is -0.410. The molecule has 1 aliphatic carbocycles. The Hall–Kier alpha value is -1.59. The molecule has 1 aromatic heterocycles. The summed E-state index contributed by atoms with van der Waals surface area (Å²) < 4.78 is 15.3. The van der Waals surface area contributed by atoms with Crippen LogP contribution in [0.2, 0.25) is 5.02 Å². The van der Waals surface area contributed by atoms with Crippen molar-refractivity contribution in [2.75, 3.05) is 11.9 Å². The van der Waals surface area contributed by atoms with Crippen LogP contribution < -0.4 is 5.32 Å². The predicted molar refractivity (Wildman–Crippen MR) is 104 cm³/mol. The van der Waals surface area contributed by atoms with Crippen molar-refractivity contribution in [3.05, 3.63) is 40.4 Å². The summed E-state index contributed by atoms with van der Waals surface area (Å²) in [7, 11) is 0. The molecule has 2 unspecified atom stereocenters. The molecule has 4 rings (SSSR count). The van der Waals surface area contributed by atoms with Gasteiger partial charge in [-0.3, -0.25) is 4.90 Å². The fraction of sp³-hybridized carbons (Fsp3) is 0.550. The number of benzene rings is 1. The lowest BCUT2D eigenvalue weighted by Crippen LogP contribution is -2.46. The van der Waals surface area contributed by atoms with Crippen LogP contribution >= 0.6 is 11.6 Å². The minimum absolute atomic E-state index is 0.117. The third-order valence-electron chi connectivity index (χ3n) is 5.73. The van der Waals surface area contributed by atoms with Crippen molar-refractivity contribution < 1.29 is 4.39 Å². The molecule has 2 heterocycles. The van der Waals surface area contributed by atoms with Gasteiger partial charge in [-0.2, -0.15) is 5.10 Å². The molecule has 6 heteroatoms. The number of anilines is 1. The highest BCUT2D eigenvalue weighted by Crippen LogP contribution is 2.34. The van der Waals surface area contributed by atoms with Gasteiger partial charge in [-0.1, -0.05) is 11.6 Å². The molecule has 2 atom stereocenters. The van der Waals surface area contributed by atoms with Crippen molar-refractivity contribution in [3.8, 4) is 5.69 Å². The van der Waals surface area contributed by atoms with Gasteiger partial charge in [-0.25, -0.2) is 9.07 Å². The number of halogens is 2. The molecule has 140 valence electrons. The average molecular weight is 377 g/mol. The van der Waals surface area contributed by atoms with E-state index in [1.807, 2.05) is 18.5 Å². The molecular formula is C20H26ClFN4. The number of aryl methyl sites for hydroxylation is 1. The standard InChI is InChI=1S/C20H26ClFN4/c1-12-10-15(8-9-25(12)16-4-5-16)23-20-13(2)24-26(14(20)3)17-6-7-19(22)18(21)11-17/h6-7,11-12,15-16,23H,4-5,8-10H2,1-3H3. The molecule has 2 aliphatic rings. The molecule has 1 saturated carbocycles. The first-order valence-electron chi connectivity index (χ1n) is 9.48. The summed E-state index contributed by atoms with van der Waals surface area (Å²) in [4.78, 5) is 2.67. The second-order valence-corrected chi connectivity index (χ2v) is 8.15. The van der Waals surface area contributed by atoms with Crippen molar-refractivity contribution in [2.24, 2.45) is 0 Å². The van der Waals surface area contributed by atoms with E-state index >= 15 is 0 Å². The number of nitrogens with one attached hydrogen (secondary N) is 1. The Labute approximate surface area is 159 Å². The zero-order valence-electron chi connectivity index (χ0n) is 15.6. The van der Waals surface area contributed by atoms with Crippen LogP contribution in [0.25, 0.3) is 5.69 Å². The Morgan fingerprint density at radius 3 is 2.65 bits per heavy atom. The number of aromatic nitrogens is 2. The smallest absolute Gasteiger partial charge is 0.141 e. The van der Waals surface area contributed by atoms with Gasteiger partial charge in [0.25, 0.3) is 0 Å². The predicted octanol–water partition coefficient (Wildman–Crippen LogP) is 4.71. The van der Waals surface area contributed by atoms with E-state index in [1.165, 1.54) is 25.5 Å². The maximum Gasteiger partial charge on any atom is 0.141 e. The normalized spacial score (nSPS) is 24.0. The summed E-state index contributed by atoms with van der Waals surface area (Å²) in [5.41, 5.74) is 3.85. The van der Waals surface area contributed by atoms with Gasteiger partial charge in [-0.15, -0.1) is 0 Å². The molecule has 26 heavy (non-hydrogen) atoms. The zero-order chi connectivity index (χ0) is 18.4. The Morgan fingerprint density at radius 1 is 1.23 bits per heavy atom. The van der Waals surface area contributed by atoms with E-state index in [-0.39, 0.29) is 5.02 Å². The third kappa shape index (κ3) is 3.35. The highest BCUT2D eigenvalue weighted by molar-refractivity contribution is 6.30. The van der Waals surface area contributed by atoms with Crippen LogP contribution in [0.3, 0.4) is 0 Å². The number of hydrogen-bond acceptors (Lipinski definition) is 3. The van der Waals surface area contributed by atoms with Gasteiger partial charge in [0.05, 0.1) is 27.8 Å². The molecule has 0 bridgehead atoms. The average Bonchev–Trinajstić information content (AvgIpc) is 3.40. The number of rotatable bonds is 4. The molecule has 2 fully saturated rings. The van der Waals surface area contributed by atoms with Gasteiger partial charge < -0.3 is 5.32 Å². The molecule has 1 saturated heterocycles. The molecular weight excluding hydrogens is 351 g/mol. The first-order valence-corrected chi connectivity index (χ1v) is 9.85. The van der Waals surface area contributed by atoms with Crippen LogP contribution in [0.5, 0.6) is 0 Å². The summed E-state index contributed by atoms with van der Waals surface area (Å²) in [6, 6.07) is 6.64. The fourth-order valence-electron chi connectivity index (χ4n) is 4.19. The maximum absolute atomic E-state index is 13.5. The minimum Gasteiger partial charge on any atom is -0.379 e. The molecule has 4 nitrogen and oxygen atoms in total. The zero-order valence-corrected chi connectivity index (χ0v) is 16.4. The Morgan fingerprint density at radius 2 is 2.00 bits per heavy atom. The third-order valence-corrected chi connectivity index (χ3v) is 6.02. The van der Waals surface area contributed by atoms with Gasteiger partial charge >= 0.3 is 0 Å². The summed E-state index contributed by atoms with van der Waals surface area (Å²) in [6.07, 6.45) is 5.05. The van der Waals surface area contributed by atoms with E-state index in [9.17, 15) is 4.39 Å². The maximum atomic E-state index is 13.5. The van der Waals surface area contributed by atoms with Crippen LogP contribution in [0.1, 0.15) is 44.0 Å². The van der Waals surface area contributed by atoms with Crippen LogP contribution in [0.4, 0.5) is 10.1 Å². The molecule has 1 aliphatic heterocycles. The molecule has 0 radical (unpaired) electrons. The molecule has 2 aromatic rings. The second-order valence-electron chi connectivity index (χ2n) is 7.74. The molecule has 1 N–H and O–H groups in total. The van der Waals surface area contributed by atoms with Crippen molar-refractivity contribution >= 4 is 17.3 Å². The van der Waals surface area contributed by atoms with Crippen LogP contribution in [0, 0.1) is 19.7 Å². The topological polar surface area (TPSA) is 33.1 Å². The van der Waals surface area contributed by atoms with E-state index in [1.54, 1.807) is 12.1 Å². The highest BCUT2D eigenvalue weighted by Gasteiger charge is 2.36. The Balaban J connectivity index is 1.52. The Bertz CT molecular complexity index is 814. The van der Waals surface area contributed by atoms with Crippen LogP contribution in [-0.4, -0.2) is 39.4 Å². The fourth-order valence-corrected chi connectivity index (χ4v) is 4.37. The summed E-state index contributed by atoms with van der Waals surface area (Å²) >= 11 is 5.94. The summed E-state index contributed by atoms with van der Waals surface area (Å²) in [5, 5.41) is 8.49. The van der Waals surface area contributed by atoms with Crippen molar-refractivity contribution in [1.82, 2.24) is 14.7 Å². The van der Waals surface area contributed by atoms with Crippen molar-refractivity contribution in [2.45, 2.75) is 64.6 Å². The first kappa shape index (κ1) is 17.8. The first-order chi connectivity index (χ1) is 12.4.